The van der Waals surface area contributed by atoms with Crippen LogP contribution in [0.1, 0.15) is 31.9 Å². The van der Waals surface area contributed by atoms with Gasteiger partial charge in [-0.05, 0) is 24.0 Å². The summed E-state index contributed by atoms with van der Waals surface area (Å²) in [4.78, 5) is 0. The lowest BCUT2D eigenvalue weighted by Crippen LogP contribution is -2.29. The molecule has 0 spiro atoms. The van der Waals surface area contributed by atoms with Crippen LogP contribution in [-0.4, -0.2) is 6.61 Å². The number of benzene rings is 2. The van der Waals surface area contributed by atoms with Crippen molar-refractivity contribution in [1.29, 1.82) is 0 Å². The average molecular weight is 254 g/mol. The highest BCUT2D eigenvalue weighted by Crippen LogP contribution is 2.33. The predicted octanol–water partition coefficient (Wildman–Crippen LogP) is 4.62. The van der Waals surface area contributed by atoms with Gasteiger partial charge in [-0.25, -0.2) is 0 Å². The van der Waals surface area contributed by atoms with Gasteiger partial charge in [-0.2, -0.15) is 0 Å². The average Bonchev–Trinajstić information content (AvgIpc) is 2.46. The Kier molecular flexibility index (Phi) is 4.39. The molecule has 2 rings (SSSR count). The van der Waals surface area contributed by atoms with E-state index in [0.717, 1.165) is 6.61 Å². The van der Waals surface area contributed by atoms with Crippen molar-refractivity contribution in [3.8, 4) is 0 Å². The molecule has 0 aromatic heterocycles. The molecule has 0 aliphatic carbocycles. The molecule has 2 aromatic carbocycles. The Bertz CT molecular complexity index is 448. The van der Waals surface area contributed by atoms with Crippen LogP contribution in [0.3, 0.4) is 0 Å². The van der Waals surface area contributed by atoms with Crippen LogP contribution >= 0.6 is 0 Å². The molecule has 0 heterocycles. The highest BCUT2D eigenvalue weighted by atomic mass is 16.5. The van der Waals surface area contributed by atoms with Crippen LogP contribution in [0.25, 0.3) is 0 Å². The van der Waals surface area contributed by atoms with Crippen molar-refractivity contribution < 1.29 is 4.74 Å². The fraction of sp³-hybridized carbons (Fsp3) is 0.333. The first-order chi connectivity index (χ1) is 9.13. The van der Waals surface area contributed by atoms with Crippen molar-refractivity contribution in [2.24, 2.45) is 5.92 Å². The van der Waals surface area contributed by atoms with E-state index >= 15 is 0 Å². The van der Waals surface area contributed by atoms with Gasteiger partial charge in [-0.15, -0.1) is 0 Å². The normalized spacial score (nSPS) is 11.8. The Morgan fingerprint density at radius 3 is 1.63 bits per heavy atom. The zero-order valence-electron chi connectivity index (χ0n) is 12.0. The van der Waals surface area contributed by atoms with Crippen molar-refractivity contribution in [3.63, 3.8) is 0 Å². The van der Waals surface area contributed by atoms with Crippen LogP contribution < -0.4 is 0 Å². The molecule has 0 bridgehead atoms. The van der Waals surface area contributed by atoms with Crippen LogP contribution in [0, 0.1) is 5.92 Å². The lowest BCUT2D eigenvalue weighted by atomic mass is 9.88. The van der Waals surface area contributed by atoms with E-state index < -0.39 is 0 Å². The number of hydrogen-bond acceptors (Lipinski definition) is 1. The van der Waals surface area contributed by atoms with E-state index in [1.807, 2.05) is 12.1 Å². The van der Waals surface area contributed by atoms with Crippen molar-refractivity contribution in [1.82, 2.24) is 0 Å². The van der Waals surface area contributed by atoms with Crippen molar-refractivity contribution in [3.05, 3.63) is 71.8 Å². The summed E-state index contributed by atoms with van der Waals surface area (Å²) < 4.78 is 6.26. The third-order valence-electron chi connectivity index (χ3n) is 3.35. The van der Waals surface area contributed by atoms with Crippen LogP contribution in [0.2, 0.25) is 0 Å². The van der Waals surface area contributed by atoms with Gasteiger partial charge in [0, 0.05) is 0 Å². The van der Waals surface area contributed by atoms with Crippen molar-refractivity contribution in [2.45, 2.75) is 26.4 Å². The fourth-order valence-corrected chi connectivity index (χ4v) is 2.18. The van der Waals surface area contributed by atoms with Crippen molar-refractivity contribution in [2.75, 3.05) is 6.61 Å². The van der Waals surface area contributed by atoms with Gasteiger partial charge in [0.1, 0.15) is 5.60 Å². The second-order valence-electron chi connectivity index (χ2n) is 5.47. The summed E-state index contributed by atoms with van der Waals surface area (Å²) in [6.45, 7) is 7.26. The molecule has 1 nitrogen and oxygen atoms in total. The van der Waals surface area contributed by atoms with E-state index in [-0.39, 0.29) is 5.60 Å². The van der Waals surface area contributed by atoms with Gasteiger partial charge in [0.05, 0.1) is 6.61 Å². The topological polar surface area (TPSA) is 9.23 Å². The van der Waals surface area contributed by atoms with Gasteiger partial charge in [-0.1, -0.05) is 74.5 Å². The molecule has 1 heteroatoms. The van der Waals surface area contributed by atoms with Gasteiger partial charge in [0.2, 0.25) is 0 Å². The van der Waals surface area contributed by atoms with Gasteiger partial charge in [0.15, 0.2) is 0 Å². The second-order valence-corrected chi connectivity index (χ2v) is 5.47. The molecule has 0 saturated heterocycles. The summed E-state index contributed by atoms with van der Waals surface area (Å²) in [5.41, 5.74) is 2.01. The first-order valence-electron chi connectivity index (χ1n) is 6.88. The van der Waals surface area contributed by atoms with Gasteiger partial charge < -0.3 is 4.74 Å². The molecule has 0 unspecified atom stereocenters. The molecule has 100 valence electrons. The van der Waals surface area contributed by atoms with E-state index in [2.05, 4.69) is 69.3 Å². The first kappa shape index (κ1) is 13.8. The molecule has 0 radical (unpaired) electrons. The van der Waals surface area contributed by atoms with Crippen molar-refractivity contribution >= 4 is 0 Å². The summed E-state index contributed by atoms with van der Waals surface area (Å²) in [7, 11) is 0. The molecule has 19 heavy (non-hydrogen) atoms. The molecule has 0 fully saturated rings. The van der Waals surface area contributed by atoms with E-state index in [4.69, 9.17) is 4.74 Å². The molecule has 0 N–H and O–H groups in total. The van der Waals surface area contributed by atoms with Crippen LogP contribution in [-0.2, 0) is 10.3 Å². The third kappa shape index (κ3) is 3.24. The standard InChI is InChI=1S/C18H22O/c1-15(2)14-19-18(3,16-10-6-4-7-11-16)17-12-8-5-9-13-17/h4-13,15H,14H2,1-3H3. The van der Waals surface area contributed by atoms with Gasteiger partial charge in [-0.3, -0.25) is 0 Å². The Balaban J connectivity index is 2.39. The summed E-state index contributed by atoms with van der Waals surface area (Å²) in [5.74, 6) is 0.520. The molecular formula is C18H22O. The number of ether oxygens (including phenoxy) is 1. The van der Waals surface area contributed by atoms with E-state index in [1.54, 1.807) is 0 Å². The summed E-state index contributed by atoms with van der Waals surface area (Å²) in [6.07, 6.45) is 0. The minimum Gasteiger partial charge on any atom is -0.366 e. The largest absolute Gasteiger partial charge is 0.366 e. The maximum atomic E-state index is 6.26. The van der Waals surface area contributed by atoms with Crippen LogP contribution in [0.15, 0.2) is 60.7 Å². The van der Waals surface area contributed by atoms with E-state index in [0.29, 0.717) is 5.92 Å². The lowest BCUT2D eigenvalue weighted by Gasteiger charge is -2.32. The van der Waals surface area contributed by atoms with Crippen LogP contribution in [0.5, 0.6) is 0 Å². The monoisotopic (exact) mass is 254 g/mol. The minimum absolute atomic E-state index is 0.382. The third-order valence-corrected chi connectivity index (χ3v) is 3.35. The van der Waals surface area contributed by atoms with E-state index in [9.17, 15) is 0 Å². The second kappa shape index (κ2) is 6.03. The smallest absolute Gasteiger partial charge is 0.115 e. The molecule has 0 saturated carbocycles. The molecule has 0 aliphatic heterocycles. The highest BCUT2D eigenvalue weighted by molar-refractivity contribution is 5.35. The van der Waals surface area contributed by atoms with E-state index in [1.165, 1.54) is 11.1 Å². The number of hydrogen-bond donors (Lipinski definition) is 0. The molecule has 0 atom stereocenters. The van der Waals surface area contributed by atoms with Gasteiger partial charge in [0.25, 0.3) is 0 Å². The first-order valence-corrected chi connectivity index (χ1v) is 6.88. The number of rotatable bonds is 5. The summed E-state index contributed by atoms with van der Waals surface area (Å²) in [5, 5.41) is 0. The molecule has 0 aliphatic rings. The van der Waals surface area contributed by atoms with Crippen LogP contribution in [0.4, 0.5) is 0 Å². The molecular weight excluding hydrogens is 232 g/mol. The Labute approximate surface area is 116 Å². The van der Waals surface area contributed by atoms with Gasteiger partial charge >= 0.3 is 0 Å². The summed E-state index contributed by atoms with van der Waals surface area (Å²) in [6, 6.07) is 20.9. The maximum absolute atomic E-state index is 6.26. The quantitative estimate of drug-likeness (QED) is 0.756. The highest BCUT2D eigenvalue weighted by Gasteiger charge is 2.29. The zero-order chi connectivity index (χ0) is 13.7. The molecule has 2 aromatic rings. The Hall–Kier alpha value is -1.60. The SMILES string of the molecule is CC(C)COC(C)(c1ccccc1)c1ccccc1. The maximum Gasteiger partial charge on any atom is 0.115 e. The minimum atomic E-state index is -0.382. The Morgan fingerprint density at radius 2 is 1.26 bits per heavy atom. The fourth-order valence-electron chi connectivity index (χ4n) is 2.18. The Morgan fingerprint density at radius 1 is 0.842 bits per heavy atom. The predicted molar refractivity (Wildman–Crippen MR) is 80.1 cm³/mol. The summed E-state index contributed by atoms with van der Waals surface area (Å²) >= 11 is 0. The lowest BCUT2D eigenvalue weighted by molar-refractivity contribution is -0.0182. The zero-order valence-corrected chi connectivity index (χ0v) is 12.0. The molecule has 0 amide bonds.